The van der Waals surface area contributed by atoms with E-state index in [1.165, 1.54) is 38.1 Å². The Morgan fingerprint density at radius 3 is 2.18 bits per heavy atom. The van der Waals surface area contributed by atoms with Crippen molar-refractivity contribution < 1.29 is 23.9 Å². The number of rotatable bonds is 7. The fourth-order valence-corrected chi connectivity index (χ4v) is 1.72. The van der Waals surface area contributed by atoms with Crippen molar-refractivity contribution in [2.24, 2.45) is 5.73 Å². The highest BCUT2D eigenvalue weighted by atomic mass is 16.5. The maximum absolute atomic E-state index is 12.0. The number of nitrogens with two attached hydrogens (primary N) is 1. The molecule has 7 nitrogen and oxygen atoms in total. The third kappa shape index (κ3) is 5.74. The molecule has 118 valence electrons. The van der Waals surface area contributed by atoms with Gasteiger partial charge in [-0.25, -0.2) is 0 Å². The number of ether oxygens (including phenoxy) is 1. The van der Waals surface area contributed by atoms with Crippen molar-refractivity contribution in [1.29, 1.82) is 0 Å². The Balaban J connectivity index is 2.71. The van der Waals surface area contributed by atoms with Gasteiger partial charge in [-0.3, -0.25) is 14.4 Å². The van der Waals surface area contributed by atoms with E-state index in [2.05, 4.69) is 5.32 Å². The predicted molar refractivity (Wildman–Crippen MR) is 78.1 cm³/mol. The Morgan fingerprint density at radius 1 is 1.14 bits per heavy atom. The van der Waals surface area contributed by atoms with Gasteiger partial charge in [0.05, 0.1) is 0 Å². The number of ketones is 1. The molecule has 0 aliphatic carbocycles. The van der Waals surface area contributed by atoms with Crippen molar-refractivity contribution in [2.45, 2.75) is 32.7 Å². The summed E-state index contributed by atoms with van der Waals surface area (Å²) in [6.07, 6.45) is 0.307. The van der Waals surface area contributed by atoms with E-state index in [9.17, 15) is 19.2 Å². The highest BCUT2D eigenvalue weighted by Crippen LogP contribution is 2.12. The molecule has 1 aromatic carbocycles. The lowest BCUT2D eigenvalue weighted by Gasteiger charge is -2.14. The molecule has 22 heavy (non-hydrogen) atoms. The number of nitrogens with one attached hydrogen (secondary N) is 1. The summed E-state index contributed by atoms with van der Waals surface area (Å²) in [4.78, 5) is 45.1. The molecule has 0 unspecified atom stereocenters. The minimum Gasteiger partial charge on any atom is -0.427 e. The Labute approximate surface area is 127 Å². The fraction of sp³-hybridized carbons (Fsp3) is 0.333. The van der Waals surface area contributed by atoms with Crippen LogP contribution in [0, 0.1) is 0 Å². The number of primary amides is 1. The number of hydrogen-bond acceptors (Lipinski definition) is 5. The van der Waals surface area contributed by atoms with E-state index in [0.717, 1.165) is 0 Å². The van der Waals surface area contributed by atoms with Gasteiger partial charge in [-0.15, -0.1) is 0 Å². The number of carbonyl (C=O) groups excluding carboxylic acids is 4. The summed E-state index contributed by atoms with van der Waals surface area (Å²) in [6, 6.07) is 4.92. The van der Waals surface area contributed by atoms with Crippen LogP contribution < -0.4 is 15.8 Å². The summed E-state index contributed by atoms with van der Waals surface area (Å²) in [5, 5.41) is 2.47. The zero-order valence-electron chi connectivity index (χ0n) is 12.4. The lowest BCUT2D eigenvalue weighted by atomic mass is 10.1. The molecule has 1 atom stereocenters. The molecule has 7 heteroatoms. The molecule has 1 rings (SSSR count). The minimum atomic E-state index is -0.912. The number of amides is 2. The van der Waals surface area contributed by atoms with Gasteiger partial charge in [-0.05, 0) is 37.6 Å². The Morgan fingerprint density at radius 2 is 1.73 bits per heavy atom. The van der Waals surface area contributed by atoms with Crippen LogP contribution in [0.5, 0.6) is 5.75 Å². The molecule has 0 aromatic heterocycles. The Bertz CT molecular complexity index is 580. The van der Waals surface area contributed by atoms with E-state index in [1.807, 2.05) is 0 Å². The first-order valence-corrected chi connectivity index (χ1v) is 6.67. The molecule has 2 amide bonds. The second-order valence-corrected chi connectivity index (χ2v) is 4.79. The maximum Gasteiger partial charge on any atom is 0.308 e. The van der Waals surface area contributed by atoms with E-state index in [0.29, 0.717) is 5.75 Å². The van der Waals surface area contributed by atoms with Crippen LogP contribution in [0.3, 0.4) is 0 Å². The van der Waals surface area contributed by atoms with E-state index < -0.39 is 23.8 Å². The summed E-state index contributed by atoms with van der Waals surface area (Å²) in [6.45, 7) is 2.67. The van der Waals surface area contributed by atoms with Gasteiger partial charge in [0.1, 0.15) is 17.6 Å². The first-order valence-electron chi connectivity index (χ1n) is 6.67. The standard InChI is InChI=1S/C15H18N2O5/c1-9(18)3-8-13(14(16)20)17-15(21)11-4-6-12(7-5-11)22-10(2)19/h4-7,13H,3,8H2,1-2H3,(H2,16,20)(H,17,21)/t13-/m0/s1. The molecule has 0 saturated heterocycles. The number of Topliss-reactive ketones (excluding diaryl/α,β-unsaturated/α-hetero) is 1. The quantitative estimate of drug-likeness (QED) is 0.564. The van der Waals surface area contributed by atoms with Gasteiger partial charge in [0.15, 0.2) is 0 Å². The Hall–Kier alpha value is -2.70. The SMILES string of the molecule is CC(=O)CC[C@H](NC(=O)c1ccc(OC(C)=O)cc1)C(N)=O. The highest BCUT2D eigenvalue weighted by molar-refractivity contribution is 5.97. The van der Waals surface area contributed by atoms with E-state index >= 15 is 0 Å². The van der Waals surface area contributed by atoms with Crippen LogP contribution in [0.1, 0.15) is 37.0 Å². The Kier molecular flexibility index (Phi) is 6.25. The van der Waals surface area contributed by atoms with Crippen LogP contribution in [0.15, 0.2) is 24.3 Å². The third-order valence-corrected chi connectivity index (χ3v) is 2.81. The first-order chi connectivity index (χ1) is 10.3. The zero-order chi connectivity index (χ0) is 16.7. The molecular formula is C15H18N2O5. The van der Waals surface area contributed by atoms with Gasteiger partial charge in [-0.1, -0.05) is 0 Å². The average Bonchev–Trinajstić information content (AvgIpc) is 2.42. The molecule has 0 bridgehead atoms. The van der Waals surface area contributed by atoms with E-state index in [4.69, 9.17) is 10.5 Å². The van der Waals surface area contributed by atoms with Crippen molar-refractivity contribution in [2.75, 3.05) is 0 Å². The monoisotopic (exact) mass is 306 g/mol. The minimum absolute atomic E-state index is 0.0915. The fourth-order valence-electron chi connectivity index (χ4n) is 1.72. The highest BCUT2D eigenvalue weighted by Gasteiger charge is 2.19. The van der Waals surface area contributed by atoms with Gasteiger partial charge in [0.2, 0.25) is 5.91 Å². The molecule has 0 fully saturated rings. The lowest BCUT2D eigenvalue weighted by Crippen LogP contribution is -2.44. The smallest absolute Gasteiger partial charge is 0.308 e. The second-order valence-electron chi connectivity index (χ2n) is 4.79. The van der Waals surface area contributed by atoms with E-state index in [-0.39, 0.29) is 24.2 Å². The molecule has 0 saturated carbocycles. The van der Waals surface area contributed by atoms with Gasteiger partial charge in [0.25, 0.3) is 5.91 Å². The zero-order valence-corrected chi connectivity index (χ0v) is 12.4. The first kappa shape index (κ1) is 17.4. The summed E-state index contributed by atoms with van der Waals surface area (Å²) in [7, 11) is 0. The topological polar surface area (TPSA) is 116 Å². The lowest BCUT2D eigenvalue weighted by molar-refractivity contribution is -0.132. The van der Waals surface area contributed by atoms with Crippen LogP contribution in [0.2, 0.25) is 0 Å². The summed E-state index contributed by atoms with van der Waals surface area (Å²) >= 11 is 0. The van der Waals surface area contributed by atoms with Gasteiger partial charge in [0, 0.05) is 18.9 Å². The van der Waals surface area contributed by atoms with Crippen LogP contribution in [-0.4, -0.2) is 29.6 Å². The average molecular weight is 306 g/mol. The van der Waals surface area contributed by atoms with Gasteiger partial charge < -0.3 is 20.6 Å². The van der Waals surface area contributed by atoms with Gasteiger partial charge >= 0.3 is 5.97 Å². The maximum atomic E-state index is 12.0. The largest absolute Gasteiger partial charge is 0.427 e. The van der Waals surface area contributed by atoms with Crippen LogP contribution in [-0.2, 0) is 14.4 Å². The molecule has 0 aliphatic rings. The van der Waals surface area contributed by atoms with Crippen molar-refractivity contribution in [3.8, 4) is 5.75 Å². The molecule has 0 aliphatic heterocycles. The van der Waals surface area contributed by atoms with Crippen molar-refractivity contribution >= 4 is 23.6 Å². The second kappa shape index (κ2) is 7.92. The number of hydrogen-bond donors (Lipinski definition) is 2. The van der Waals surface area contributed by atoms with Crippen LogP contribution >= 0.6 is 0 Å². The van der Waals surface area contributed by atoms with Crippen LogP contribution in [0.4, 0.5) is 0 Å². The summed E-state index contributed by atoms with van der Waals surface area (Å²) in [5.41, 5.74) is 5.49. The van der Waals surface area contributed by atoms with Crippen molar-refractivity contribution in [3.05, 3.63) is 29.8 Å². The summed E-state index contributed by atoms with van der Waals surface area (Å²) in [5.74, 6) is -1.44. The number of carbonyl (C=O) groups is 4. The molecular weight excluding hydrogens is 288 g/mol. The molecule has 0 spiro atoms. The van der Waals surface area contributed by atoms with Crippen molar-refractivity contribution in [1.82, 2.24) is 5.32 Å². The normalized spacial score (nSPS) is 11.4. The molecule has 0 radical (unpaired) electrons. The van der Waals surface area contributed by atoms with Gasteiger partial charge in [-0.2, -0.15) is 0 Å². The third-order valence-electron chi connectivity index (χ3n) is 2.81. The van der Waals surface area contributed by atoms with Crippen molar-refractivity contribution in [3.63, 3.8) is 0 Å². The summed E-state index contributed by atoms with van der Waals surface area (Å²) < 4.78 is 4.85. The van der Waals surface area contributed by atoms with E-state index in [1.54, 1.807) is 0 Å². The van der Waals surface area contributed by atoms with Crippen LogP contribution in [0.25, 0.3) is 0 Å². The molecule has 0 heterocycles. The molecule has 3 N–H and O–H groups in total. The number of benzene rings is 1. The molecule has 1 aromatic rings. The number of esters is 1. The predicted octanol–water partition coefficient (Wildman–Crippen LogP) is 0.565.